The Labute approximate surface area is 107 Å². The fourth-order valence-corrected chi connectivity index (χ4v) is 2.06. The molecule has 0 bridgehead atoms. The van der Waals surface area contributed by atoms with Gasteiger partial charge in [0.2, 0.25) is 0 Å². The van der Waals surface area contributed by atoms with Gasteiger partial charge in [0.25, 0.3) is 0 Å². The minimum absolute atomic E-state index is 0.292. The maximum absolute atomic E-state index is 11.4. The average Bonchev–Trinajstić information content (AvgIpc) is 2.27. The van der Waals surface area contributed by atoms with Crippen LogP contribution in [0.15, 0.2) is 35.1 Å². The lowest BCUT2D eigenvalue weighted by Crippen LogP contribution is -2.12. The summed E-state index contributed by atoms with van der Waals surface area (Å²) >= 11 is 0. The first-order valence-corrected chi connectivity index (χ1v) is 6.22. The summed E-state index contributed by atoms with van der Waals surface area (Å²) in [5.74, 6) is 0.620. The van der Waals surface area contributed by atoms with E-state index in [1.165, 1.54) is 5.56 Å². The van der Waals surface area contributed by atoms with Crippen LogP contribution in [0.4, 0.5) is 0 Å². The smallest absolute Gasteiger partial charge is 0.310 e. The molecule has 2 rings (SSSR count). The van der Waals surface area contributed by atoms with Gasteiger partial charge < -0.3 is 4.98 Å². The lowest BCUT2D eigenvalue weighted by molar-refractivity contribution is 0.647. The van der Waals surface area contributed by atoms with Crippen LogP contribution >= 0.6 is 0 Å². The molecule has 3 heteroatoms. The average molecular weight is 242 g/mol. The fraction of sp³-hybridized carbons (Fsp3) is 0.333. The number of aryl methyl sites for hydroxylation is 1. The highest BCUT2D eigenvalue weighted by Gasteiger charge is 2.04. The quantitative estimate of drug-likeness (QED) is 0.899. The molecule has 0 spiro atoms. The van der Waals surface area contributed by atoms with Gasteiger partial charge in [-0.1, -0.05) is 32.0 Å². The molecular formula is C15H18N2O. The second-order valence-electron chi connectivity index (χ2n) is 5.05. The molecule has 0 aliphatic carbocycles. The summed E-state index contributed by atoms with van der Waals surface area (Å²) in [6, 6.07) is 10.1. The van der Waals surface area contributed by atoms with Crippen molar-refractivity contribution >= 4 is 0 Å². The molecular weight excluding hydrogens is 224 g/mol. The number of hydrogen-bond donors (Lipinski definition) is 1. The van der Waals surface area contributed by atoms with E-state index >= 15 is 0 Å². The molecule has 3 nitrogen and oxygen atoms in total. The number of nitrogens with zero attached hydrogens (tertiary/aromatic N) is 1. The zero-order valence-electron chi connectivity index (χ0n) is 11.0. The van der Waals surface area contributed by atoms with Crippen molar-refractivity contribution in [3.8, 4) is 11.3 Å². The van der Waals surface area contributed by atoms with Crippen molar-refractivity contribution in [1.29, 1.82) is 0 Å². The number of rotatable bonds is 3. The Morgan fingerprint density at radius 1 is 1.28 bits per heavy atom. The molecule has 0 aliphatic heterocycles. The summed E-state index contributed by atoms with van der Waals surface area (Å²) in [6.07, 6.45) is 1.04. The van der Waals surface area contributed by atoms with Crippen LogP contribution in [0, 0.1) is 12.8 Å². The number of nitrogens with one attached hydrogen (secondary N) is 1. The van der Waals surface area contributed by atoms with Crippen LogP contribution in [0.1, 0.15) is 25.1 Å². The van der Waals surface area contributed by atoms with E-state index in [1.807, 2.05) is 25.1 Å². The molecule has 18 heavy (non-hydrogen) atoms. The van der Waals surface area contributed by atoms with Gasteiger partial charge in [-0.05, 0) is 37.0 Å². The number of benzene rings is 1. The first kappa shape index (κ1) is 12.6. The van der Waals surface area contributed by atoms with Gasteiger partial charge in [-0.3, -0.25) is 0 Å². The van der Waals surface area contributed by atoms with E-state index in [0.717, 1.165) is 23.4 Å². The van der Waals surface area contributed by atoms with Gasteiger partial charge in [0, 0.05) is 11.3 Å². The van der Waals surface area contributed by atoms with Crippen molar-refractivity contribution in [1.82, 2.24) is 9.97 Å². The van der Waals surface area contributed by atoms with Crippen LogP contribution in [0.3, 0.4) is 0 Å². The third kappa shape index (κ3) is 3.06. The summed E-state index contributed by atoms with van der Waals surface area (Å²) in [7, 11) is 0. The van der Waals surface area contributed by atoms with Crippen LogP contribution in [0.2, 0.25) is 0 Å². The Hall–Kier alpha value is -1.90. The predicted octanol–water partition coefficient (Wildman–Crippen LogP) is 2.94. The summed E-state index contributed by atoms with van der Waals surface area (Å²) in [5, 5.41) is 0. The molecule has 0 saturated heterocycles. The van der Waals surface area contributed by atoms with Gasteiger partial charge in [0.15, 0.2) is 0 Å². The van der Waals surface area contributed by atoms with Crippen LogP contribution in [0.25, 0.3) is 11.3 Å². The normalized spacial score (nSPS) is 10.9. The van der Waals surface area contributed by atoms with Gasteiger partial charge in [-0.25, -0.2) is 4.79 Å². The summed E-state index contributed by atoms with van der Waals surface area (Å²) in [5.41, 5.74) is 3.56. The van der Waals surface area contributed by atoms with Crippen LogP contribution < -0.4 is 5.69 Å². The molecule has 0 saturated carbocycles. The highest BCUT2D eigenvalue weighted by molar-refractivity contribution is 5.60. The molecule has 0 unspecified atom stereocenters. The fourth-order valence-electron chi connectivity index (χ4n) is 2.06. The molecule has 1 aromatic carbocycles. The maximum Gasteiger partial charge on any atom is 0.345 e. The van der Waals surface area contributed by atoms with Crippen LogP contribution in [-0.4, -0.2) is 9.97 Å². The lowest BCUT2D eigenvalue weighted by Gasteiger charge is -2.07. The Morgan fingerprint density at radius 2 is 2.06 bits per heavy atom. The third-order valence-electron chi connectivity index (χ3n) is 2.75. The van der Waals surface area contributed by atoms with Crippen molar-refractivity contribution in [2.24, 2.45) is 5.92 Å². The second-order valence-corrected chi connectivity index (χ2v) is 5.05. The Kier molecular flexibility index (Phi) is 3.60. The molecule has 0 amide bonds. The second kappa shape index (κ2) is 5.17. The molecule has 0 aliphatic rings. The van der Waals surface area contributed by atoms with E-state index in [0.29, 0.717) is 5.92 Å². The van der Waals surface area contributed by atoms with Crippen molar-refractivity contribution in [3.05, 3.63) is 52.1 Å². The standard InChI is InChI=1S/C15H18N2O/c1-10(2)7-12-5-4-6-13(9-12)14-8-11(3)16-15(18)17-14/h4-6,8-10H,7H2,1-3H3,(H,16,17,18). The number of hydrogen-bond acceptors (Lipinski definition) is 2. The lowest BCUT2D eigenvalue weighted by atomic mass is 10.00. The molecule has 0 atom stereocenters. The van der Waals surface area contributed by atoms with E-state index in [1.54, 1.807) is 0 Å². The monoisotopic (exact) mass is 242 g/mol. The van der Waals surface area contributed by atoms with Gasteiger partial charge in [-0.15, -0.1) is 0 Å². The number of aromatic amines is 1. The number of aromatic nitrogens is 2. The first-order valence-electron chi connectivity index (χ1n) is 6.22. The molecule has 1 aromatic heterocycles. The van der Waals surface area contributed by atoms with Gasteiger partial charge in [0.05, 0.1) is 5.69 Å². The SMILES string of the molecule is Cc1cc(-c2cccc(CC(C)C)c2)nc(=O)[nH]1. The number of H-pyrrole nitrogens is 1. The summed E-state index contributed by atoms with van der Waals surface area (Å²) < 4.78 is 0. The van der Waals surface area contributed by atoms with E-state index < -0.39 is 0 Å². The van der Waals surface area contributed by atoms with Crippen molar-refractivity contribution < 1.29 is 0 Å². The highest BCUT2D eigenvalue weighted by atomic mass is 16.1. The van der Waals surface area contributed by atoms with Crippen molar-refractivity contribution in [3.63, 3.8) is 0 Å². The van der Waals surface area contributed by atoms with E-state index in [4.69, 9.17) is 0 Å². The summed E-state index contributed by atoms with van der Waals surface area (Å²) in [4.78, 5) is 18.1. The third-order valence-corrected chi connectivity index (χ3v) is 2.75. The topological polar surface area (TPSA) is 45.8 Å². The molecule has 0 radical (unpaired) electrons. The van der Waals surface area contributed by atoms with E-state index in [2.05, 4.69) is 35.9 Å². The first-order chi connectivity index (χ1) is 8.54. The molecule has 94 valence electrons. The molecule has 1 N–H and O–H groups in total. The Morgan fingerprint density at radius 3 is 2.72 bits per heavy atom. The van der Waals surface area contributed by atoms with Crippen molar-refractivity contribution in [2.45, 2.75) is 27.2 Å². The van der Waals surface area contributed by atoms with E-state index in [-0.39, 0.29) is 5.69 Å². The molecule has 1 heterocycles. The minimum Gasteiger partial charge on any atom is -0.310 e. The van der Waals surface area contributed by atoms with Crippen molar-refractivity contribution in [2.75, 3.05) is 0 Å². The molecule has 2 aromatic rings. The predicted molar refractivity (Wildman–Crippen MR) is 73.6 cm³/mol. The van der Waals surface area contributed by atoms with Crippen LogP contribution in [0.5, 0.6) is 0 Å². The largest absolute Gasteiger partial charge is 0.345 e. The maximum atomic E-state index is 11.4. The Balaban J connectivity index is 2.41. The van der Waals surface area contributed by atoms with Gasteiger partial charge in [-0.2, -0.15) is 4.98 Å². The zero-order valence-corrected chi connectivity index (χ0v) is 11.0. The zero-order chi connectivity index (χ0) is 13.1. The van der Waals surface area contributed by atoms with E-state index in [9.17, 15) is 4.79 Å². The Bertz CT molecular complexity index is 599. The highest BCUT2D eigenvalue weighted by Crippen LogP contribution is 2.19. The van der Waals surface area contributed by atoms with Crippen LogP contribution in [-0.2, 0) is 6.42 Å². The van der Waals surface area contributed by atoms with Gasteiger partial charge >= 0.3 is 5.69 Å². The van der Waals surface area contributed by atoms with Gasteiger partial charge in [0.1, 0.15) is 0 Å². The summed E-state index contributed by atoms with van der Waals surface area (Å²) in [6.45, 7) is 6.26. The molecule has 0 fully saturated rings. The minimum atomic E-state index is -0.292.